The van der Waals surface area contributed by atoms with Crippen molar-refractivity contribution in [1.82, 2.24) is 0 Å². The topological polar surface area (TPSA) is 21.3 Å². The van der Waals surface area contributed by atoms with Crippen molar-refractivity contribution < 1.29 is 4.74 Å². The predicted molar refractivity (Wildman–Crippen MR) is 116 cm³/mol. The number of hydrogen-bond donors (Lipinski definition) is 1. The van der Waals surface area contributed by atoms with E-state index in [0.29, 0.717) is 13.2 Å². The van der Waals surface area contributed by atoms with Crippen LogP contribution in [0.1, 0.15) is 16.7 Å². The summed E-state index contributed by atoms with van der Waals surface area (Å²) in [5.74, 6) is 0.864. The van der Waals surface area contributed by atoms with Gasteiger partial charge in [0.05, 0.1) is 0 Å². The van der Waals surface area contributed by atoms with Gasteiger partial charge in [0, 0.05) is 31.8 Å². The Labute approximate surface area is 175 Å². The van der Waals surface area contributed by atoms with Crippen LogP contribution in [-0.2, 0) is 13.2 Å². The zero-order chi connectivity index (χ0) is 18.5. The van der Waals surface area contributed by atoms with E-state index in [0.717, 1.165) is 42.1 Å². The summed E-state index contributed by atoms with van der Waals surface area (Å²) in [6, 6.07) is 20.1. The Balaban J connectivity index is 1.73. The van der Waals surface area contributed by atoms with Gasteiger partial charge < -0.3 is 10.1 Å². The number of benzene rings is 3. The van der Waals surface area contributed by atoms with Crippen LogP contribution in [0.3, 0.4) is 0 Å². The van der Waals surface area contributed by atoms with Gasteiger partial charge >= 0.3 is 0 Å². The second-order valence-corrected chi connectivity index (χ2v) is 8.17. The molecule has 0 aliphatic heterocycles. The van der Waals surface area contributed by atoms with Crippen LogP contribution < -0.4 is 10.1 Å². The van der Waals surface area contributed by atoms with Crippen LogP contribution in [0.2, 0.25) is 5.02 Å². The Bertz CT molecular complexity index is 897. The number of halogens is 3. The average Bonchev–Trinajstić information content (AvgIpc) is 2.63. The molecule has 3 aromatic rings. The number of anilines is 1. The van der Waals surface area contributed by atoms with E-state index in [4.69, 9.17) is 16.3 Å². The van der Waals surface area contributed by atoms with Gasteiger partial charge in [0.1, 0.15) is 12.4 Å². The molecule has 5 heteroatoms. The molecular formula is C21H18Br2ClNO. The van der Waals surface area contributed by atoms with Gasteiger partial charge in [-0.15, -0.1) is 0 Å². The molecule has 26 heavy (non-hydrogen) atoms. The van der Waals surface area contributed by atoms with Crippen molar-refractivity contribution in [2.24, 2.45) is 0 Å². The van der Waals surface area contributed by atoms with Gasteiger partial charge in [-0.3, -0.25) is 0 Å². The Kier molecular flexibility index (Phi) is 6.63. The highest BCUT2D eigenvalue weighted by Gasteiger charge is 2.07. The van der Waals surface area contributed by atoms with Gasteiger partial charge in [0.25, 0.3) is 0 Å². The molecule has 0 amide bonds. The molecule has 0 saturated carbocycles. The Morgan fingerprint density at radius 1 is 0.962 bits per heavy atom. The number of nitrogens with one attached hydrogen (secondary N) is 1. The first-order valence-electron chi connectivity index (χ1n) is 8.17. The first-order valence-corrected chi connectivity index (χ1v) is 10.1. The van der Waals surface area contributed by atoms with Crippen molar-refractivity contribution in [2.45, 2.75) is 20.1 Å². The maximum Gasteiger partial charge on any atom is 0.124 e. The van der Waals surface area contributed by atoms with Gasteiger partial charge in [-0.1, -0.05) is 61.7 Å². The quantitative estimate of drug-likeness (QED) is 0.386. The third-order valence-corrected chi connectivity index (χ3v) is 5.50. The summed E-state index contributed by atoms with van der Waals surface area (Å²) < 4.78 is 8.14. The lowest BCUT2D eigenvalue weighted by atomic mass is 10.1. The molecule has 0 heterocycles. The monoisotopic (exact) mass is 493 g/mol. The Morgan fingerprint density at radius 3 is 2.46 bits per heavy atom. The predicted octanol–water partition coefficient (Wildman–Crippen LogP) is 7.36. The van der Waals surface area contributed by atoms with Crippen molar-refractivity contribution in [2.75, 3.05) is 5.32 Å². The summed E-state index contributed by atoms with van der Waals surface area (Å²) in [4.78, 5) is 0. The zero-order valence-corrected chi connectivity index (χ0v) is 18.2. The molecule has 3 aromatic carbocycles. The minimum Gasteiger partial charge on any atom is -0.489 e. The fourth-order valence-electron chi connectivity index (χ4n) is 2.56. The summed E-state index contributed by atoms with van der Waals surface area (Å²) in [5, 5.41) is 4.21. The summed E-state index contributed by atoms with van der Waals surface area (Å²) in [6.07, 6.45) is 0. The molecule has 3 rings (SSSR count). The third kappa shape index (κ3) is 5.03. The molecule has 0 unspecified atom stereocenters. The van der Waals surface area contributed by atoms with Gasteiger partial charge in [0.2, 0.25) is 0 Å². The van der Waals surface area contributed by atoms with Crippen LogP contribution in [0.15, 0.2) is 69.6 Å². The van der Waals surface area contributed by atoms with Crippen molar-refractivity contribution >= 4 is 49.1 Å². The molecule has 0 spiro atoms. The van der Waals surface area contributed by atoms with Crippen molar-refractivity contribution in [1.29, 1.82) is 0 Å². The highest BCUT2D eigenvalue weighted by atomic mass is 79.9. The lowest BCUT2D eigenvalue weighted by Gasteiger charge is -2.15. The first-order chi connectivity index (χ1) is 12.5. The van der Waals surface area contributed by atoms with Gasteiger partial charge in [-0.25, -0.2) is 0 Å². The van der Waals surface area contributed by atoms with E-state index in [1.54, 1.807) is 0 Å². The zero-order valence-electron chi connectivity index (χ0n) is 14.2. The largest absolute Gasteiger partial charge is 0.489 e. The molecular weight excluding hydrogens is 477 g/mol. The number of ether oxygens (including phenoxy) is 1. The van der Waals surface area contributed by atoms with Crippen molar-refractivity contribution in [3.8, 4) is 5.75 Å². The van der Waals surface area contributed by atoms with E-state index in [1.165, 1.54) is 0 Å². The van der Waals surface area contributed by atoms with Gasteiger partial charge in [-0.05, 0) is 60.5 Å². The van der Waals surface area contributed by atoms with E-state index in [2.05, 4.69) is 55.4 Å². The van der Waals surface area contributed by atoms with Crippen LogP contribution in [0.4, 0.5) is 5.69 Å². The summed E-state index contributed by atoms with van der Waals surface area (Å²) in [5.41, 5.74) is 4.27. The number of hydrogen-bond acceptors (Lipinski definition) is 2. The van der Waals surface area contributed by atoms with E-state index in [-0.39, 0.29) is 0 Å². The van der Waals surface area contributed by atoms with Crippen LogP contribution in [-0.4, -0.2) is 0 Å². The summed E-state index contributed by atoms with van der Waals surface area (Å²) >= 11 is 13.2. The SMILES string of the molecule is Cc1c(Cl)cccc1NCc1cc(Br)ccc1OCc1ccc(Br)cc1. The maximum atomic E-state index is 6.21. The van der Waals surface area contributed by atoms with E-state index in [1.807, 2.05) is 49.4 Å². The molecule has 0 atom stereocenters. The highest BCUT2D eigenvalue weighted by Crippen LogP contribution is 2.27. The van der Waals surface area contributed by atoms with Gasteiger partial charge in [0.15, 0.2) is 0 Å². The first kappa shape index (κ1) is 19.3. The summed E-state index contributed by atoms with van der Waals surface area (Å²) in [7, 11) is 0. The molecule has 0 bridgehead atoms. The van der Waals surface area contributed by atoms with Crippen molar-refractivity contribution in [3.05, 3.63) is 91.3 Å². The Hall–Kier alpha value is -1.49. The maximum absolute atomic E-state index is 6.21. The lowest BCUT2D eigenvalue weighted by Crippen LogP contribution is -2.05. The molecule has 0 fully saturated rings. The summed E-state index contributed by atoms with van der Waals surface area (Å²) in [6.45, 7) is 3.19. The second-order valence-electron chi connectivity index (χ2n) is 5.93. The molecule has 0 aliphatic carbocycles. The van der Waals surface area contributed by atoms with Crippen molar-refractivity contribution in [3.63, 3.8) is 0 Å². The standard InChI is InChI=1S/C21H18Br2ClNO/c1-14-19(24)3-2-4-20(14)25-12-16-11-18(23)9-10-21(16)26-13-15-5-7-17(22)8-6-15/h2-11,25H,12-13H2,1H3. The minimum atomic E-state index is 0.526. The molecule has 0 saturated heterocycles. The van der Waals surface area contributed by atoms with Crippen LogP contribution in [0.5, 0.6) is 5.75 Å². The molecule has 134 valence electrons. The molecule has 0 aromatic heterocycles. The number of rotatable bonds is 6. The van der Waals surface area contributed by atoms with E-state index in [9.17, 15) is 0 Å². The molecule has 2 nitrogen and oxygen atoms in total. The molecule has 0 aliphatic rings. The van der Waals surface area contributed by atoms with Crippen LogP contribution >= 0.6 is 43.5 Å². The van der Waals surface area contributed by atoms with E-state index < -0.39 is 0 Å². The highest BCUT2D eigenvalue weighted by molar-refractivity contribution is 9.10. The normalized spacial score (nSPS) is 10.6. The van der Waals surface area contributed by atoms with Crippen LogP contribution in [0.25, 0.3) is 0 Å². The fraction of sp³-hybridized carbons (Fsp3) is 0.143. The minimum absolute atomic E-state index is 0.526. The van der Waals surface area contributed by atoms with Gasteiger partial charge in [-0.2, -0.15) is 0 Å². The average molecular weight is 496 g/mol. The fourth-order valence-corrected chi connectivity index (χ4v) is 3.41. The Morgan fingerprint density at radius 2 is 1.69 bits per heavy atom. The second kappa shape index (κ2) is 8.94. The van der Waals surface area contributed by atoms with Crippen LogP contribution in [0, 0.1) is 6.92 Å². The molecule has 1 N–H and O–H groups in total. The lowest BCUT2D eigenvalue weighted by molar-refractivity contribution is 0.303. The third-order valence-electron chi connectivity index (χ3n) is 4.07. The van der Waals surface area contributed by atoms with E-state index >= 15 is 0 Å². The molecule has 0 radical (unpaired) electrons. The smallest absolute Gasteiger partial charge is 0.124 e.